The fraction of sp³-hybridized carbons (Fsp3) is 0.400. The first kappa shape index (κ1) is 15.5. The molecule has 0 aliphatic carbocycles. The van der Waals surface area contributed by atoms with E-state index in [-0.39, 0.29) is 6.61 Å². The van der Waals surface area contributed by atoms with Gasteiger partial charge in [0.2, 0.25) is 0 Å². The highest BCUT2D eigenvalue weighted by Crippen LogP contribution is 2.21. The van der Waals surface area contributed by atoms with Gasteiger partial charge in [-0.25, -0.2) is 0 Å². The summed E-state index contributed by atoms with van der Waals surface area (Å²) in [7, 11) is 1.94. The lowest BCUT2D eigenvalue weighted by molar-refractivity contribution is -0.148. The van der Waals surface area contributed by atoms with E-state index in [0.717, 1.165) is 16.5 Å². The van der Waals surface area contributed by atoms with Gasteiger partial charge < -0.3 is 25.3 Å². The van der Waals surface area contributed by atoms with E-state index in [9.17, 15) is 4.79 Å². The second-order valence-corrected chi connectivity index (χ2v) is 5.06. The molecule has 4 N–H and O–H groups in total. The third kappa shape index (κ3) is 3.60. The number of nitrogens with two attached hydrogens (primary N) is 1. The summed E-state index contributed by atoms with van der Waals surface area (Å²) in [5.41, 5.74) is 7.89. The van der Waals surface area contributed by atoms with Crippen LogP contribution in [-0.4, -0.2) is 46.1 Å². The first-order chi connectivity index (χ1) is 10.0. The van der Waals surface area contributed by atoms with Crippen LogP contribution in [0.5, 0.6) is 0 Å². The number of fused-ring (bicyclic) bond motifs is 1. The first-order valence-corrected chi connectivity index (χ1v) is 6.77. The van der Waals surface area contributed by atoms with Crippen molar-refractivity contribution in [2.45, 2.75) is 18.6 Å². The molecule has 0 amide bonds. The van der Waals surface area contributed by atoms with Gasteiger partial charge in [0.1, 0.15) is 18.8 Å². The fourth-order valence-electron chi connectivity index (χ4n) is 2.25. The molecule has 1 aromatic heterocycles. The number of ether oxygens (including phenoxy) is 1. The maximum absolute atomic E-state index is 11.8. The predicted molar refractivity (Wildman–Crippen MR) is 78.7 cm³/mol. The van der Waals surface area contributed by atoms with Gasteiger partial charge in [0, 0.05) is 30.6 Å². The molecule has 0 radical (unpaired) electrons. The second kappa shape index (κ2) is 6.71. The van der Waals surface area contributed by atoms with Gasteiger partial charge in [-0.15, -0.1) is 0 Å². The molecule has 0 bridgehead atoms. The Morgan fingerprint density at radius 2 is 2.14 bits per heavy atom. The van der Waals surface area contributed by atoms with Crippen LogP contribution in [0.15, 0.2) is 30.5 Å². The standard InChI is InChI=1S/C15H20N2O4/c1-17-7-10(12-4-2-3-5-14(12)17)6-13(16)15(20)21-9-11(19)8-18/h2-5,7,11,13,18-19H,6,8-9,16H2,1H3. The lowest BCUT2D eigenvalue weighted by atomic mass is 10.1. The van der Waals surface area contributed by atoms with Gasteiger partial charge in [0.15, 0.2) is 0 Å². The summed E-state index contributed by atoms with van der Waals surface area (Å²) in [6, 6.07) is 7.07. The minimum atomic E-state index is -1.07. The van der Waals surface area contributed by atoms with Crippen molar-refractivity contribution in [3.8, 4) is 0 Å². The van der Waals surface area contributed by atoms with Crippen molar-refractivity contribution in [3.05, 3.63) is 36.0 Å². The SMILES string of the molecule is Cn1cc(CC(N)C(=O)OCC(O)CO)c2ccccc21. The topological polar surface area (TPSA) is 97.7 Å². The van der Waals surface area contributed by atoms with Crippen LogP contribution in [0.3, 0.4) is 0 Å². The van der Waals surface area contributed by atoms with Gasteiger partial charge in [0.05, 0.1) is 6.61 Å². The molecule has 0 fully saturated rings. The highest BCUT2D eigenvalue weighted by Gasteiger charge is 2.19. The summed E-state index contributed by atoms with van der Waals surface area (Å²) in [5, 5.41) is 18.9. The number of carbonyl (C=O) groups excluding carboxylic acids is 1. The molecular weight excluding hydrogens is 272 g/mol. The van der Waals surface area contributed by atoms with E-state index in [1.54, 1.807) is 0 Å². The van der Waals surface area contributed by atoms with Crippen LogP contribution in [0.25, 0.3) is 10.9 Å². The number of carbonyl (C=O) groups is 1. The molecule has 6 heteroatoms. The second-order valence-electron chi connectivity index (χ2n) is 5.06. The molecule has 0 saturated heterocycles. The number of nitrogens with zero attached hydrogens (tertiary/aromatic N) is 1. The van der Waals surface area contributed by atoms with E-state index < -0.39 is 24.7 Å². The van der Waals surface area contributed by atoms with Gasteiger partial charge in [-0.1, -0.05) is 18.2 Å². The highest BCUT2D eigenvalue weighted by atomic mass is 16.5. The maximum atomic E-state index is 11.8. The Morgan fingerprint density at radius 3 is 2.86 bits per heavy atom. The molecule has 0 aliphatic rings. The van der Waals surface area contributed by atoms with Crippen LogP contribution in [0.2, 0.25) is 0 Å². The quantitative estimate of drug-likeness (QED) is 0.648. The normalized spacial score (nSPS) is 14.1. The average molecular weight is 292 g/mol. The van der Waals surface area contributed by atoms with Gasteiger partial charge in [-0.3, -0.25) is 4.79 Å². The smallest absolute Gasteiger partial charge is 0.323 e. The Balaban J connectivity index is 2.04. The molecule has 2 aromatic rings. The number of hydrogen-bond donors (Lipinski definition) is 3. The van der Waals surface area contributed by atoms with Crippen molar-refractivity contribution >= 4 is 16.9 Å². The van der Waals surface area contributed by atoms with Crippen molar-refractivity contribution < 1.29 is 19.7 Å². The third-order valence-corrected chi connectivity index (χ3v) is 3.35. The van der Waals surface area contributed by atoms with E-state index in [4.69, 9.17) is 20.7 Å². The summed E-state index contributed by atoms with van der Waals surface area (Å²) in [6.45, 7) is -0.704. The van der Waals surface area contributed by atoms with E-state index in [1.807, 2.05) is 42.1 Å². The van der Waals surface area contributed by atoms with Crippen LogP contribution in [-0.2, 0) is 23.0 Å². The maximum Gasteiger partial charge on any atom is 0.323 e. The molecule has 2 atom stereocenters. The summed E-state index contributed by atoms with van der Waals surface area (Å²) < 4.78 is 6.85. The number of hydrogen-bond acceptors (Lipinski definition) is 5. The molecule has 0 spiro atoms. The molecule has 1 aromatic carbocycles. The number of aryl methyl sites for hydroxylation is 1. The molecule has 114 valence electrons. The van der Waals surface area contributed by atoms with Crippen LogP contribution >= 0.6 is 0 Å². The van der Waals surface area contributed by atoms with Crippen LogP contribution in [0.1, 0.15) is 5.56 Å². The van der Waals surface area contributed by atoms with Crippen molar-refractivity contribution in [3.63, 3.8) is 0 Å². The number of aromatic nitrogens is 1. The highest BCUT2D eigenvalue weighted by molar-refractivity contribution is 5.85. The number of esters is 1. The fourth-order valence-corrected chi connectivity index (χ4v) is 2.25. The van der Waals surface area contributed by atoms with E-state index in [0.29, 0.717) is 6.42 Å². The van der Waals surface area contributed by atoms with Crippen LogP contribution in [0.4, 0.5) is 0 Å². The van der Waals surface area contributed by atoms with Crippen LogP contribution < -0.4 is 5.73 Å². The van der Waals surface area contributed by atoms with Crippen LogP contribution in [0, 0.1) is 0 Å². The van der Waals surface area contributed by atoms with Gasteiger partial charge >= 0.3 is 5.97 Å². The molecular formula is C15H20N2O4. The van der Waals surface area contributed by atoms with Gasteiger partial charge in [0.25, 0.3) is 0 Å². The largest absolute Gasteiger partial charge is 0.462 e. The minimum Gasteiger partial charge on any atom is -0.462 e. The zero-order valence-corrected chi connectivity index (χ0v) is 11.9. The van der Waals surface area contributed by atoms with E-state index in [1.165, 1.54) is 0 Å². The number of benzene rings is 1. The van der Waals surface area contributed by atoms with Crippen molar-refractivity contribution in [1.82, 2.24) is 4.57 Å². The van der Waals surface area contributed by atoms with Gasteiger partial charge in [-0.05, 0) is 11.6 Å². The Hall–Kier alpha value is -1.89. The summed E-state index contributed by atoms with van der Waals surface area (Å²) in [4.78, 5) is 11.8. The van der Waals surface area contributed by atoms with E-state index in [2.05, 4.69) is 0 Å². The number of rotatable bonds is 6. The van der Waals surface area contributed by atoms with Crippen molar-refractivity contribution in [1.29, 1.82) is 0 Å². The first-order valence-electron chi connectivity index (χ1n) is 6.77. The molecule has 0 saturated carbocycles. The van der Waals surface area contributed by atoms with Crippen molar-refractivity contribution in [2.75, 3.05) is 13.2 Å². The average Bonchev–Trinajstić information content (AvgIpc) is 2.81. The Kier molecular flexibility index (Phi) is 4.95. The molecule has 6 nitrogen and oxygen atoms in total. The zero-order chi connectivity index (χ0) is 15.4. The lowest BCUT2D eigenvalue weighted by Crippen LogP contribution is -2.36. The Bertz CT molecular complexity index is 623. The predicted octanol–water partition coefficient (Wildman–Crippen LogP) is -0.0555. The number of para-hydroxylation sites is 1. The van der Waals surface area contributed by atoms with E-state index >= 15 is 0 Å². The molecule has 1 heterocycles. The number of aliphatic hydroxyl groups is 2. The molecule has 21 heavy (non-hydrogen) atoms. The molecule has 0 aliphatic heterocycles. The summed E-state index contributed by atoms with van der Waals surface area (Å²) in [6.07, 6.45) is 1.23. The lowest BCUT2D eigenvalue weighted by Gasteiger charge is -2.13. The summed E-state index contributed by atoms with van der Waals surface area (Å²) >= 11 is 0. The molecule has 2 unspecified atom stereocenters. The monoisotopic (exact) mass is 292 g/mol. The Morgan fingerprint density at radius 1 is 1.43 bits per heavy atom. The third-order valence-electron chi connectivity index (χ3n) is 3.35. The van der Waals surface area contributed by atoms with Crippen molar-refractivity contribution in [2.24, 2.45) is 12.8 Å². The summed E-state index contributed by atoms with van der Waals surface area (Å²) in [5.74, 6) is -0.588. The van der Waals surface area contributed by atoms with Gasteiger partial charge in [-0.2, -0.15) is 0 Å². The number of aliphatic hydroxyl groups excluding tert-OH is 2. The minimum absolute atomic E-state index is 0.251. The zero-order valence-electron chi connectivity index (χ0n) is 11.9. The molecule has 2 rings (SSSR count). The Labute approximate surface area is 122 Å².